The highest BCUT2D eigenvalue weighted by Crippen LogP contribution is 2.20. The topological polar surface area (TPSA) is 41.6 Å². The van der Waals surface area contributed by atoms with Crippen LogP contribution >= 0.6 is 0 Å². The van der Waals surface area contributed by atoms with Crippen molar-refractivity contribution in [2.75, 3.05) is 18.1 Å². The maximum atomic E-state index is 5.50. The molecule has 0 aliphatic carbocycles. The maximum Gasteiger partial charge on any atom is 0.0594 e. The molecule has 0 radical (unpaired) electrons. The lowest BCUT2D eigenvalue weighted by Crippen LogP contribution is -2.11. The minimum Gasteiger partial charge on any atom is -0.330 e. The Morgan fingerprint density at radius 3 is 2.62 bits per heavy atom. The molecule has 16 heavy (non-hydrogen) atoms. The summed E-state index contributed by atoms with van der Waals surface area (Å²) in [7, 11) is 0. The molecule has 1 aliphatic heterocycles. The summed E-state index contributed by atoms with van der Waals surface area (Å²) in [5.74, 6) is 0. The van der Waals surface area contributed by atoms with E-state index in [2.05, 4.69) is 41.3 Å². The molecule has 0 saturated carbocycles. The van der Waals surface area contributed by atoms with Crippen LogP contribution in [-0.4, -0.2) is 18.8 Å². The van der Waals surface area contributed by atoms with E-state index in [-0.39, 0.29) is 0 Å². The summed E-state index contributed by atoms with van der Waals surface area (Å²) in [4.78, 5) is 0. The molecule has 3 nitrogen and oxygen atoms in total. The molecule has 86 valence electrons. The number of nitrogens with zero attached hydrogens (tertiary/aromatic N) is 2. The van der Waals surface area contributed by atoms with Crippen LogP contribution < -0.4 is 10.7 Å². The molecule has 0 fully saturated rings. The fraction of sp³-hybridized carbons (Fsp3) is 0.462. The van der Waals surface area contributed by atoms with E-state index < -0.39 is 0 Å². The van der Waals surface area contributed by atoms with Gasteiger partial charge in [0.15, 0.2) is 0 Å². The highest BCUT2D eigenvalue weighted by Gasteiger charge is 2.12. The smallest absolute Gasteiger partial charge is 0.0594 e. The van der Waals surface area contributed by atoms with E-state index >= 15 is 0 Å². The van der Waals surface area contributed by atoms with Gasteiger partial charge in [0.05, 0.1) is 5.69 Å². The normalized spacial score (nSPS) is 15.4. The molecule has 0 atom stereocenters. The molecule has 3 heteroatoms. The molecular weight excluding hydrogens is 198 g/mol. The molecule has 0 amide bonds. The van der Waals surface area contributed by atoms with Gasteiger partial charge < -0.3 is 5.73 Å². The number of anilines is 1. The van der Waals surface area contributed by atoms with E-state index in [4.69, 9.17) is 5.73 Å². The number of rotatable bonds is 4. The third-order valence-corrected chi connectivity index (χ3v) is 2.88. The van der Waals surface area contributed by atoms with E-state index in [9.17, 15) is 0 Å². The second kappa shape index (κ2) is 5.12. The van der Waals surface area contributed by atoms with Gasteiger partial charge in [-0.25, -0.2) is 0 Å². The van der Waals surface area contributed by atoms with Crippen LogP contribution in [-0.2, 0) is 6.42 Å². The van der Waals surface area contributed by atoms with Gasteiger partial charge in [0, 0.05) is 18.7 Å². The standard InChI is InChI=1S/C13H19N3/c1-11-8-10-16(15-11)13-6-4-12(5-7-13)3-2-9-14/h4-7H,2-3,8-10,14H2,1H3. The summed E-state index contributed by atoms with van der Waals surface area (Å²) >= 11 is 0. The average Bonchev–Trinajstić information content (AvgIpc) is 2.74. The molecular formula is C13H19N3. The lowest BCUT2D eigenvalue weighted by Gasteiger charge is -2.13. The molecule has 2 N–H and O–H groups in total. The molecule has 0 aromatic heterocycles. The minimum atomic E-state index is 0.761. The Kier molecular flexibility index (Phi) is 3.57. The van der Waals surface area contributed by atoms with E-state index in [0.29, 0.717) is 0 Å². The van der Waals surface area contributed by atoms with Crippen LogP contribution in [0.5, 0.6) is 0 Å². The van der Waals surface area contributed by atoms with Crippen molar-refractivity contribution in [1.82, 2.24) is 0 Å². The molecule has 1 heterocycles. The fourth-order valence-corrected chi connectivity index (χ4v) is 1.90. The molecule has 0 saturated heterocycles. The molecule has 0 spiro atoms. The first-order valence-corrected chi connectivity index (χ1v) is 5.90. The highest BCUT2D eigenvalue weighted by molar-refractivity contribution is 5.85. The van der Waals surface area contributed by atoms with Gasteiger partial charge in [-0.1, -0.05) is 12.1 Å². The number of hydrazone groups is 1. The van der Waals surface area contributed by atoms with Crippen molar-refractivity contribution < 1.29 is 0 Å². The quantitative estimate of drug-likeness (QED) is 0.839. The number of nitrogens with two attached hydrogens (primary N) is 1. The van der Waals surface area contributed by atoms with Crippen LogP contribution in [0.4, 0.5) is 5.69 Å². The maximum absolute atomic E-state index is 5.50. The average molecular weight is 217 g/mol. The van der Waals surface area contributed by atoms with Crippen molar-refractivity contribution in [2.24, 2.45) is 10.8 Å². The summed E-state index contributed by atoms with van der Waals surface area (Å²) in [6, 6.07) is 8.64. The van der Waals surface area contributed by atoms with Gasteiger partial charge in [-0.05, 0) is 44.0 Å². The van der Waals surface area contributed by atoms with Gasteiger partial charge in [-0.15, -0.1) is 0 Å². The van der Waals surface area contributed by atoms with Crippen LogP contribution in [0.3, 0.4) is 0 Å². The molecule has 1 aromatic carbocycles. The zero-order valence-corrected chi connectivity index (χ0v) is 9.82. The second-order valence-corrected chi connectivity index (χ2v) is 4.27. The first kappa shape index (κ1) is 11.1. The lowest BCUT2D eigenvalue weighted by atomic mass is 10.1. The zero-order valence-electron chi connectivity index (χ0n) is 9.82. The molecule has 2 rings (SSSR count). The fourth-order valence-electron chi connectivity index (χ4n) is 1.90. The van der Waals surface area contributed by atoms with Gasteiger partial charge >= 0.3 is 0 Å². The number of hydrogen-bond donors (Lipinski definition) is 1. The largest absolute Gasteiger partial charge is 0.330 e. The number of benzene rings is 1. The van der Waals surface area contributed by atoms with Crippen LogP contribution in [0.25, 0.3) is 0 Å². The highest BCUT2D eigenvalue weighted by atomic mass is 15.5. The molecule has 0 bridgehead atoms. The van der Waals surface area contributed by atoms with Crippen molar-refractivity contribution in [3.05, 3.63) is 29.8 Å². The Hall–Kier alpha value is -1.35. The van der Waals surface area contributed by atoms with Crippen LogP contribution in [0, 0.1) is 0 Å². The van der Waals surface area contributed by atoms with Crippen LogP contribution in [0.1, 0.15) is 25.3 Å². The van der Waals surface area contributed by atoms with Crippen molar-refractivity contribution in [3.8, 4) is 0 Å². The van der Waals surface area contributed by atoms with Gasteiger partial charge in [0.2, 0.25) is 0 Å². The first-order valence-electron chi connectivity index (χ1n) is 5.90. The second-order valence-electron chi connectivity index (χ2n) is 4.27. The molecule has 1 aromatic rings. The summed E-state index contributed by atoms with van der Waals surface area (Å²) in [6.07, 6.45) is 3.20. The molecule has 1 aliphatic rings. The summed E-state index contributed by atoms with van der Waals surface area (Å²) in [5.41, 5.74) is 9.25. The summed E-state index contributed by atoms with van der Waals surface area (Å²) in [5, 5.41) is 6.55. The summed E-state index contributed by atoms with van der Waals surface area (Å²) in [6.45, 7) is 3.85. The van der Waals surface area contributed by atoms with Crippen molar-refractivity contribution in [2.45, 2.75) is 26.2 Å². The van der Waals surface area contributed by atoms with Gasteiger partial charge in [0.1, 0.15) is 0 Å². The Morgan fingerprint density at radius 2 is 2.06 bits per heavy atom. The van der Waals surface area contributed by atoms with Gasteiger partial charge in [-0.3, -0.25) is 5.01 Å². The van der Waals surface area contributed by atoms with E-state index in [1.807, 2.05) is 0 Å². The summed E-state index contributed by atoms with van der Waals surface area (Å²) < 4.78 is 0. The predicted octanol–water partition coefficient (Wildman–Crippen LogP) is 2.16. The lowest BCUT2D eigenvalue weighted by molar-refractivity contribution is 0.832. The monoisotopic (exact) mass is 217 g/mol. The van der Waals surface area contributed by atoms with E-state index in [1.54, 1.807) is 0 Å². The predicted molar refractivity (Wildman–Crippen MR) is 68.9 cm³/mol. The first-order chi connectivity index (χ1) is 7.79. The minimum absolute atomic E-state index is 0.761. The van der Waals surface area contributed by atoms with Crippen molar-refractivity contribution in [3.63, 3.8) is 0 Å². The Balaban J connectivity index is 2.02. The van der Waals surface area contributed by atoms with E-state index in [0.717, 1.165) is 32.4 Å². The Bertz CT molecular complexity index is 367. The zero-order chi connectivity index (χ0) is 11.4. The Morgan fingerprint density at radius 1 is 1.31 bits per heavy atom. The van der Waals surface area contributed by atoms with Crippen molar-refractivity contribution >= 4 is 11.4 Å². The number of hydrogen-bond acceptors (Lipinski definition) is 3. The van der Waals surface area contributed by atoms with Gasteiger partial charge in [-0.2, -0.15) is 5.10 Å². The van der Waals surface area contributed by atoms with Crippen LogP contribution in [0.2, 0.25) is 0 Å². The van der Waals surface area contributed by atoms with Gasteiger partial charge in [0.25, 0.3) is 0 Å². The SMILES string of the molecule is CC1=NN(c2ccc(CCCN)cc2)CC1. The van der Waals surface area contributed by atoms with E-state index in [1.165, 1.54) is 17.0 Å². The van der Waals surface area contributed by atoms with Crippen LogP contribution in [0.15, 0.2) is 29.4 Å². The van der Waals surface area contributed by atoms with Crippen molar-refractivity contribution in [1.29, 1.82) is 0 Å². The molecule has 0 unspecified atom stereocenters. The Labute approximate surface area is 96.9 Å². The number of aryl methyl sites for hydroxylation is 1. The third kappa shape index (κ3) is 2.61. The third-order valence-electron chi connectivity index (χ3n) is 2.88.